The van der Waals surface area contributed by atoms with E-state index in [0.717, 1.165) is 0 Å². The number of hydrogen-bond donors (Lipinski definition) is 0. The van der Waals surface area contributed by atoms with Crippen LogP contribution in [0.4, 0.5) is 13.2 Å². The molecule has 0 aliphatic carbocycles. The number of rotatable bonds is 2. The third-order valence-corrected chi connectivity index (χ3v) is 1.71. The zero-order chi connectivity index (χ0) is 9.19. The van der Waals surface area contributed by atoms with Crippen LogP contribution < -0.4 is 0 Å². The molecule has 0 aromatic heterocycles. The van der Waals surface area contributed by atoms with Gasteiger partial charge in [0.1, 0.15) is 6.10 Å². The molecule has 0 saturated heterocycles. The van der Waals surface area contributed by atoms with Gasteiger partial charge in [-0.3, -0.25) is 0 Å². The predicted octanol–water partition coefficient (Wildman–Crippen LogP) is 2.32. The van der Waals surface area contributed by atoms with Crippen LogP contribution in [0.15, 0.2) is 5.16 Å². The second-order valence-electron chi connectivity index (χ2n) is 2.54. The van der Waals surface area contributed by atoms with Crippen LogP contribution in [-0.2, 0) is 4.84 Å². The molecule has 0 aromatic carbocycles. The van der Waals surface area contributed by atoms with E-state index in [1.54, 1.807) is 0 Å². The van der Waals surface area contributed by atoms with E-state index in [1.807, 2.05) is 0 Å². The molecular weight excluding hydrogens is 195 g/mol. The molecule has 70 valence electrons. The summed E-state index contributed by atoms with van der Waals surface area (Å²) in [5.41, 5.74) is 0.0214. The van der Waals surface area contributed by atoms with E-state index >= 15 is 0 Å². The van der Waals surface area contributed by atoms with E-state index in [0.29, 0.717) is 0 Å². The molecule has 12 heavy (non-hydrogen) atoms. The minimum atomic E-state index is -4.20. The van der Waals surface area contributed by atoms with Gasteiger partial charge < -0.3 is 4.84 Å². The van der Waals surface area contributed by atoms with Crippen LogP contribution in [-0.4, -0.2) is 23.9 Å². The SMILES string of the molecule is FC(F)(F)CC1=NOC(CCl)C1. The Kier molecular flexibility index (Phi) is 2.82. The van der Waals surface area contributed by atoms with Gasteiger partial charge >= 0.3 is 6.18 Å². The fourth-order valence-electron chi connectivity index (χ4n) is 0.905. The summed E-state index contributed by atoms with van der Waals surface area (Å²) in [6.07, 6.45) is -5.41. The van der Waals surface area contributed by atoms with E-state index in [2.05, 4.69) is 9.99 Å². The number of halogens is 4. The van der Waals surface area contributed by atoms with Gasteiger partial charge in [0.25, 0.3) is 0 Å². The van der Waals surface area contributed by atoms with E-state index in [9.17, 15) is 13.2 Å². The minimum absolute atomic E-state index is 0.0214. The van der Waals surface area contributed by atoms with E-state index < -0.39 is 12.6 Å². The third kappa shape index (κ3) is 2.89. The van der Waals surface area contributed by atoms with Crippen molar-refractivity contribution in [1.29, 1.82) is 0 Å². The average Bonchev–Trinajstić information content (AvgIpc) is 2.32. The molecule has 0 bridgehead atoms. The summed E-state index contributed by atoms with van der Waals surface area (Å²) < 4.78 is 35.3. The lowest BCUT2D eigenvalue weighted by Gasteiger charge is -2.04. The predicted molar refractivity (Wildman–Crippen MR) is 38.3 cm³/mol. The number of alkyl halides is 4. The molecule has 1 aliphatic rings. The van der Waals surface area contributed by atoms with Crippen molar-refractivity contribution in [1.82, 2.24) is 0 Å². The second-order valence-corrected chi connectivity index (χ2v) is 2.84. The van der Waals surface area contributed by atoms with Gasteiger partial charge in [0, 0.05) is 6.42 Å². The molecule has 2 nitrogen and oxygen atoms in total. The molecule has 0 N–H and O–H groups in total. The Labute approximate surface area is 72.3 Å². The van der Waals surface area contributed by atoms with Gasteiger partial charge in [-0.05, 0) is 0 Å². The van der Waals surface area contributed by atoms with Crippen LogP contribution >= 0.6 is 11.6 Å². The first-order chi connectivity index (χ1) is 5.51. The largest absolute Gasteiger partial charge is 0.394 e. The maximum atomic E-state index is 11.8. The van der Waals surface area contributed by atoms with Crippen molar-refractivity contribution in [2.75, 3.05) is 5.88 Å². The molecule has 1 rings (SSSR count). The van der Waals surface area contributed by atoms with E-state index in [1.165, 1.54) is 0 Å². The summed E-state index contributed by atoms with van der Waals surface area (Å²) in [7, 11) is 0. The smallest absolute Gasteiger partial charge is 0.391 e. The zero-order valence-corrected chi connectivity index (χ0v) is 6.82. The molecule has 0 spiro atoms. The Morgan fingerprint density at radius 2 is 2.25 bits per heavy atom. The standard InChI is InChI=1S/C6H7ClF3NO/c7-3-5-1-4(11-12-5)2-6(8,9)10/h5H,1-3H2. The van der Waals surface area contributed by atoms with Crippen molar-refractivity contribution in [3.63, 3.8) is 0 Å². The van der Waals surface area contributed by atoms with Gasteiger partial charge in [-0.15, -0.1) is 11.6 Å². The second kappa shape index (κ2) is 3.51. The quantitative estimate of drug-likeness (QED) is 0.629. The lowest BCUT2D eigenvalue weighted by atomic mass is 10.1. The summed E-state index contributed by atoms with van der Waals surface area (Å²) in [6, 6.07) is 0. The Hall–Kier alpha value is -0.450. The highest BCUT2D eigenvalue weighted by Gasteiger charge is 2.33. The first kappa shape index (κ1) is 9.64. The zero-order valence-electron chi connectivity index (χ0n) is 6.07. The fraction of sp³-hybridized carbons (Fsp3) is 0.833. The summed E-state index contributed by atoms with van der Waals surface area (Å²) in [6.45, 7) is 0. The Balaban J connectivity index is 2.37. The minimum Gasteiger partial charge on any atom is -0.391 e. The summed E-state index contributed by atoms with van der Waals surface area (Å²) in [5.74, 6) is 0.171. The van der Waals surface area contributed by atoms with Gasteiger partial charge in [-0.2, -0.15) is 13.2 Å². The molecule has 0 fully saturated rings. The number of oxime groups is 1. The first-order valence-corrected chi connectivity index (χ1v) is 3.89. The van der Waals surface area contributed by atoms with Crippen molar-refractivity contribution in [3.05, 3.63) is 0 Å². The summed E-state index contributed by atoms with van der Waals surface area (Å²) >= 11 is 5.36. The monoisotopic (exact) mass is 201 g/mol. The topological polar surface area (TPSA) is 21.6 Å². The number of hydrogen-bond acceptors (Lipinski definition) is 2. The number of nitrogens with zero attached hydrogens (tertiary/aromatic N) is 1. The van der Waals surface area contributed by atoms with E-state index in [-0.39, 0.29) is 24.1 Å². The Bertz CT molecular complexity index is 192. The normalized spacial score (nSPS) is 23.7. The van der Waals surface area contributed by atoms with Gasteiger partial charge in [0.15, 0.2) is 0 Å². The molecule has 0 aromatic rings. The van der Waals surface area contributed by atoms with Crippen LogP contribution in [0.25, 0.3) is 0 Å². The molecule has 1 heterocycles. The Morgan fingerprint density at radius 1 is 1.58 bits per heavy atom. The molecule has 1 aliphatic heterocycles. The maximum Gasteiger partial charge on any atom is 0.394 e. The van der Waals surface area contributed by atoms with Crippen LogP contribution in [0.5, 0.6) is 0 Å². The van der Waals surface area contributed by atoms with Gasteiger partial charge in [0.2, 0.25) is 0 Å². The van der Waals surface area contributed by atoms with Gasteiger partial charge in [0.05, 0.1) is 18.0 Å². The molecule has 1 unspecified atom stereocenters. The summed E-state index contributed by atoms with van der Waals surface area (Å²) in [5, 5.41) is 3.29. The van der Waals surface area contributed by atoms with Crippen LogP contribution in [0.1, 0.15) is 12.8 Å². The van der Waals surface area contributed by atoms with Crippen molar-refractivity contribution >= 4 is 17.3 Å². The fourth-order valence-corrected chi connectivity index (χ4v) is 1.07. The van der Waals surface area contributed by atoms with E-state index in [4.69, 9.17) is 11.6 Å². The molecule has 0 amide bonds. The third-order valence-electron chi connectivity index (χ3n) is 1.37. The van der Waals surface area contributed by atoms with Crippen molar-refractivity contribution in [2.24, 2.45) is 5.16 Å². The first-order valence-electron chi connectivity index (χ1n) is 3.35. The van der Waals surface area contributed by atoms with Gasteiger partial charge in [-0.25, -0.2) is 0 Å². The van der Waals surface area contributed by atoms with Crippen molar-refractivity contribution < 1.29 is 18.0 Å². The highest BCUT2D eigenvalue weighted by Crippen LogP contribution is 2.24. The van der Waals surface area contributed by atoms with Crippen molar-refractivity contribution in [2.45, 2.75) is 25.1 Å². The lowest BCUT2D eigenvalue weighted by Crippen LogP contribution is -2.16. The Morgan fingerprint density at radius 3 is 2.67 bits per heavy atom. The van der Waals surface area contributed by atoms with Crippen LogP contribution in [0.2, 0.25) is 0 Å². The highest BCUT2D eigenvalue weighted by atomic mass is 35.5. The van der Waals surface area contributed by atoms with Crippen LogP contribution in [0.3, 0.4) is 0 Å². The lowest BCUT2D eigenvalue weighted by molar-refractivity contribution is -0.121. The van der Waals surface area contributed by atoms with Crippen molar-refractivity contribution in [3.8, 4) is 0 Å². The van der Waals surface area contributed by atoms with Gasteiger partial charge in [-0.1, -0.05) is 5.16 Å². The molecular formula is C6H7ClF3NO. The summed E-state index contributed by atoms with van der Waals surface area (Å²) in [4.78, 5) is 4.62. The maximum absolute atomic E-state index is 11.8. The highest BCUT2D eigenvalue weighted by molar-refractivity contribution is 6.18. The molecule has 0 saturated carbocycles. The average molecular weight is 202 g/mol. The van der Waals surface area contributed by atoms with Crippen LogP contribution in [0, 0.1) is 0 Å². The molecule has 0 radical (unpaired) electrons. The molecule has 1 atom stereocenters. The molecule has 6 heteroatoms.